The van der Waals surface area contributed by atoms with E-state index in [-0.39, 0.29) is 27.9 Å². The largest absolute Gasteiger partial charge is 0.508 e. The van der Waals surface area contributed by atoms with Crippen molar-refractivity contribution in [3.8, 4) is 11.5 Å². The fourth-order valence-corrected chi connectivity index (χ4v) is 2.86. The van der Waals surface area contributed by atoms with Gasteiger partial charge in [-0.2, -0.15) is 0 Å². The number of phenolic OH excluding ortho intramolecular Hbond substituents is 2. The van der Waals surface area contributed by atoms with Crippen LogP contribution in [0.25, 0.3) is 10.9 Å². The van der Waals surface area contributed by atoms with Gasteiger partial charge < -0.3 is 20.5 Å². The second-order valence-electron chi connectivity index (χ2n) is 7.17. The van der Waals surface area contributed by atoms with E-state index in [0.29, 0.717) is 11.2 Å². The number of hydrogen-bond acceptors (Lipinski definition) is 4. The number of phenols is 2. The van der Waals surface area contributed by atoms with Crippen molar-refractivity contribution in [1.82, 2.24) is 4.98 Å². The minimum Gasteiger partial charge on any atom is -0.508 e. The summed E-state index contributed by atoms with van der Waals surface area (Å²) in [6.45, 7) is 5.92. The molecule has 0 spiro atoms. The van der Waals surface area contributed by atoms with E-state index in [9.17, 15) is 19.8 Å². The number of anilines is 1. The van der Waals surface area contributed by atoms with Crippen LogP contribution in [-0.2, 0) is 5.41 Å². The topological polar surface area (TPSA) is 102 Å². The predicted octanol–water partition coefficient (Wildman–Crippen LogP) is 3.49. The van der Waals surface area contributed by atoms with Gasteiger partial charge in [-0.15, -0.1) is 0 Å². The first-order chi connectivity index (χ1) is 12.2. The molecule has 0 atom stereocenters. The zero-order valence-corrected chi connectivity index (χ0v) is 14.8. The molecule has 6 nitrogen and oxygen atoms in total. The summed E-state index contributed by atoms with van der Waals surface area (Å²) in [6.07, 6.45) is 1.31. The van der Waals surface area contributed by atoms with Crippen molar-refractivity contribution >= 4 is 22.5 Å². The van der Waals surface area contributed by atoms with Crippen molar-refractivity contribution < 1.29 is 15.0 Å². The van der Waals surface area contributed by atoms with Crippen molar-refractivity contribution in [3.05, 3.63) is 63.9 Å². The van der Waals surface area contributed by atoms with Crippen LogP contribution in [0.2, 0.25) is 0 Å². The summed E-state index contributed by atoms with van der Waals surface area (Å²) < 4.78 is 0. The molecule has 0 fully saturated rings. The van der Waals surface area contributed by atoms with Crippen molar-refractivity contribution in [2.75, 3.05) is 5.32 Å². The van der Waals surface area contributed by atoms with Crippen LogP contribution >= 0.6 is 0 Å². The van der Waals surface area contributed by atoms with Crippen LogP contribution in [0.15, 0.2) is 47.4 Å². The molecule has 1 amide bonds. The van der Waals surface area contributed by atoms with E-state index in [1.54, 1.807) is 24.3 Å². The Morgan fingerprint density at radius 2 is 1.81 bits per heavy atom. The van der Waals surface area contributed by atoms with Gasteiger partial charge in [0.25, 0.3) is 5.91 Å². The van der Waals surface area contributed by atoms with Crippen LogP contribution in [0.5, 0.6) is 11.5 Å². The number of hydrogen-bond donors (Lipinski definition) is 4. The quantitative estimate of drug-likeness (QED) is 0.567. The van der Waals surface area contributed by atoms with Gasteiger partial charge in [0, 0.05) is 18.0 Å². The number of carbonyl (C=O) groups is 1. The van der Waals surface area contributed by atoms with Crippen molar-refractivity contribution in [1.29, 1.82) is 0 Å². The van der Waals surface area contributed by atoms with Gasteiger partial charge in [0.05, 0.1) is 10.9 Å². The van der Waals surface area contributed by atoms with Crippen LogP contribution in [0.4, 0.5) is 5.69 Å². The summed E-state index contributed by atoms with van der Waals surface area (Å²) in [5.74, 6) is -0.745. The summed E-state index contributed by atoms with van der Waals surface area (Å²) in [4.78, 5) is 27.9. The Morgan fingerprint density at radius 1 is 1.08 bits per heavy atom. The molecule has 0 aliphatic carbocycles. The molecular formula is C20H20N2O4. The number of benzene rings is 2. The van der Waals surface area contributed by atoms with E-state index in [2.05, 4.69) is 10.3 Å². The van der Waals surface area contributed by atoms with Gasteiger partial charge in [-0.1, -0.05) is 32.9 Å². The number of H-pyrrole nitrogens is 1. The van der Waals surface area contributed by atoms with Crippen LogP contribution in [0, 0.1) is 0 Å². The highest BCUT2D eigenvalue weighted by Crippen LogP contribution is 2.32. The summed E-state index contributed by atoms with van der Waals surface area (Å²) in [5.41, 5.74) is 0.642. The van der Waals surface area contributed by atoms with Crippen molar-refractivity contribution in [2.45, 2.75) is 26.2 Å². The average Bonchev–Trinajstić information content (AvgIpc) is 2.53. The van der Waals surface area contributed by atoms with Gasteiger partial charge in [-0.3, -0.25) is 9.59 Å². The van der Waals surface area contributed by atoms with Crippen LogP contribution in [0.1, 0.15) is 36.7 Å². The third-order valence-corrected chi connectivity index (χ3v) is 4.19. The standard InChI is InChI=1S/C20H20N2O4/c1-20(2,3)13-8-7-11(9-16(13)24)22-19(26)12-10-21-14-5-4-6-15(23)17(14)18(12)25/h4-10,23-24H,1-3H3,(H,21,25)(H,22,26). The molecule has 0 saturated heterocycles. The summed E-state index contributed by atoms with van der Waals surface area (Å²) in [6, 6.07) is 9.49. The Bertz CT molecular complexity index is 1060. The number of amides is 1. The molecule has 0 saturated carbocycles. The highest BCUT2D eigenvalue weighted by Gasteiger charge is 2.19. The zero-order chi connectivity index (χ0) is 19.1. The highest BCUT2D eigenvalue weighted by molar-refractivity contribution is 6.06. The molecule has 0 radical (unpaired) electrons. The molecule has 0 bridgehead atoms. The van der Waals surface area contributed by atoms with E-state index in [4.69, 9.17) is 0 Å². The number of pyridine rings is 1. The number of nitrogens with one attached hydrogen (secondary N) is 2. The lowest BCUT2D eigenvalue weighted by Crippen LogP contribution is -2.22. The number of rotatable bonds is 2. The minimum absolute atomic E-state index is 0.0612. The first-order valence-electron chi connectivity index (χ1n) is 8.16. The Kier molecular flexibility index (Phi) is 4.20. The molecule has 1 aromatic heterocycles. The van der Waals surface area contributed by atoms with Gasteiger partial charge >= 0.3 is 0 Å². The molecule has 3 aromatic rings. The van der Waals surface area contributed by atoms with E-state index in [0.717, 1.165) is 5.56 Å². The van der Waals surface area contributed by atoms with Crippen molar-refractivity contribution in [3.63, 3.8) is 0 Å². The van der Waals surface area contributed by atoms with E-state index in [1.165, 1.54) is 18.3 Å². The number of aromatic nitrogens is 1. The second kappa shape index (κ2) is 6.22. The SMILES string of the molecule is CC(C)(C)c1ccc(NC(=O)c2c[nH]c3cccc(O)c3c2=O)cc1O. The molecule has 1 heterocycles. The van der Waals surface area contributed by atoms with Crippen molar-refractivity contribution in [2.24, 2.45) is 0 Å². The molecular weight excluding hydrogens is 332 g/mol. The summed E-state index contributed by atoms with van der Waals surface area (Å²) >= 11 is 0. The first-order valence-corrected chi connectivity index (χ1v) is 8.16. The molecule has 0 unspecified atom stereocenters. The van der Waals surface area contributed by atoms with Crippen LogP contribution < -0.4 is 10.7 Å². The van der Waals surface area contributed by atoms with Gasteiger partial charge in [-0.25, -0.2) is 0 Å². The van der Waals surface area contributed by atoms with Gasteiger partial charge in [0.1, 0.15) is 17.1 Å². The molecule has 4 N–H and O–H groups in total. The molecule has 2 aromatic carbocycles. The van der Waals surface area contributed by atoms with Crippen LogP contribution in [0.3, 0.4) is 0 Å². The van der Waals surface area contributed by atoms with E-state index >= 15 is 0 Å². The second-order valence-corrected chi connectivity index (χ2v) is 7.17. The number of fused-ring (bicyclic) bond motifs is 1. The third-order valence-electron chi connectivity index (χ3n) is 4.19. The Hall–Kier alpha value is -3.28. The Morgan fingerprint density at radius 3 is 2.46 bits per heavy atom. The number of aromatic amines is 1. The fourth-order valence-electron chi connectivity index (χ4n) is 2.86. The lowest BCUT2D eigenvalue weighted by Gasteiger charge is -2.20. The summed E-state index contributed by atoms with van der Waals surface area (Å²) in [5, 5.41) is 22.8. The molecule has 26 heavy (non-hydrogen) atoms. The lowest BCUT2D eigenvalue weighted by atomic mass is 9.86. The fraction of sp³-hybridized carbons (Fsp3) is 0.200. The van der Waals surface area contributed by atoms with Gasteiger partial charge in [0.15, 0.2) is 0 Å². The summed E-state index contributed by atoms with van der Waals surface area (Å²) in [7, 11) is 0. The van der Waals surface area contributed by atoms with Gasteiger partial charge in [-0.05, 0) is 29.2 Å². The normalized spacial score (nSPS) is 11.5. The molecule has 134 valence electrons. The third kappa shape index (κ3) is 3.13. The monoisotopic (exact) mass is 352 g/mol. The predicted molar refractivity (Wildman–Crippen MR) is 101 cm³/mol. The maximum absolute atomic E-state index is 12.5. The Balaban J connectivity index is 1.95. The number of aromatic hydroxyl groups is 2. The maximum Gasteiger partial charge on any atom is 0.261 e. The van der Waals surface area contributed by atoms with E-state index in [1.807, 2.05) is 20.8 Å². The first kappa shape index (κ1) is 17.5. The smallest absolute Gasteiger partial charge is 0.261 e. The molecule has 3 rings (SSSR count). The van der Waals surface area contributed by atoms with E-state index < -0.39 is 11.3 Å². The van der Waals surface area contributed by atoms with Gasteiger partial charge in [0.2, 0.25) is 5.43 Å². The average molecular weight is 352 g/mol. The number of carbonyl (C=O) groups excluding carboxylic acids is 1. The Labute approximate surface area is 150 Å². The zero-order valence-electron chi connectivity index (χ0n) is 14.8. The maximum atomic E-state index is 12.5. The lowest BCUT2D eigenvalue weighted by molar-refractivity contribution is 0.102. The highest BCUT2D eigenvalue weighted by atomic mass is 16.3. The minimum atomic E-state index is -0.626. The molecule has 0 aliphatic heterocycles. The van der Waals surface area contributed by atoms with Crippen LogP contribution in [-0.4, -0.2) is 21.1 Å². The molecule has 0 aliphatic rings. The molecule has 6 heteroatoms.